The summed E-state index contributed by atoms with van der Waals surface area (Å²) < 4.78 is 13.0. The molecule has 1 aliphatic carbocycles. The number of anilines is 1. The van der Waals surface area contributed by atoms with E-state index in [-0.39, 0.29) is 11.7 Å². The standard InChI is InChI=1S/C24H25FN4O/c25-20-11-9-17(10-12-20)15-26-24(30)19-6-4-5-18(13-19)22-14-23(28-16-27-22)29-21-7-2-1-3-8-21/h4-6,9-14,16,21H,1-3,7-8,15H2,(H,26,30)(H,27,28,29). The van der Waals surface area contributed by atoms with Gasteiger partial charge in [-0.3, -0.25) is 4.79 Å². The van der Waals surface area contributed by atoms with Crippen LogP contribution >= 0.6 is 0 Å². The highest BCUT2D eigenvalue weighted by Gasteiger charge is 2.14. The van der Waals surface area contributed by atoms with Crippen LogP contribution in [-0.2, 0) is 6.54 Å². The van der Waals surface area contributed by atoms with Crippen LogP contribution in [0.1, 0.15) is 48.0 Å². The topological polar surface area (TPSA) is 66.9 Å². The van der Waals surface area contributed by atoms with Gasteiger partial charge >= 0.3 is 0 Å². The molecule has 0 saturated heterocycles. The first kappa shape index (κ1) is 20.0. The van der Waals surface area contributed by atoms with Crippen molar-refractivity contribution in [3.63, 3.8) is 0 Å². The van der Waals surface area contributed by atoms with Crippen molar-refractivity contribution in [3.8, 4) is 11.3 Å². The Labute approximate surface area is 175 Å². The molecule has 1 aromatic heterocycles. The molecule has 6 heteroatoms. The van der Waals surface area contributed by atoms with Crippen LogP contribution in [-0.4, -0.2) is 21.9 Å². The molecule has 5 nitrogen and oxygen atoms in total. The molecular weight excluding hydrogens is 379 g/mol. The summed E-state index contributed by atoms with van der Waals surface area (Å²) in [6.45, 7) is 0.340. The van der Waals surface area contributed by atoms with E-state index in [9.17, 15) is 9.18 Å². The molecule has 4 rings (SSSR count). The van der Waals surface area contributed by atoms with E-state index in [4.69, 9.17) is 0 Å². The van der Waals surface area contributed by atoms with Crippen molar-refractivity contribution in [2.45, 2.75) is 44.7 Å². The highest BCUT2D eigenvalue weighted by Crippen LogP contribution is 2.24. The number of carbonyl (C=O) groups is 1. The lowest BCUT2D eigenvalue weighted by atomic mass is 9.95. The average Bonchev–Trinajstić information content (AvgIpc) is 2.79. The number of benzene rings is 2. The largest absolute Gasteiger partial charge is 0.367 e. The predicted octanol–water partition coefficient (Wildman–Crippen LogP) is 4.96. The minimum absolute atomic E-state index is 0.184. The average molecular weight is 404 g/mol. The van der Waals surface area contributed by atoms with Crippen LogP contribution < -0.4 is 10.6 Å². The van der Waals surface area contributed by atoms with Crippen molar-refractivity contribution >= 4 is 11.7 Å². The fourth-order valence-electron chi connectivity index (χ4n) is 3.76. The van der Waals surface area contributed by atoms with Gasteiger partial charge in [0.1, 0.15) is 18.0 Å². The lowest BCUT2D eigenvalue weighted by molar-refractivity contribution is 0.0951. The van der Waals surface area contributed by atoms with Gasteiger partial charge in [-0.2, -0.15) is 0 Å². The van der Waals surface area contributed by atoms with E-state index in [2.05, 4.69) is 20.6 Å². The Morgan fingerprint density at radius 1 is 1.00 bits per heavy atom. The van der Waals surface area contributed by atoms with E-state index >= 15 is 0 Å². The van der Waals surface area contributed by atoms with Crippen LogP contribution in [0.15, 0.2) is 60.9 Å². The molecule has 2 N–H and O–H groups in total. The first-order valence-corrected chi connectivity index (χ1v) is 10.4. The van der Waals surface area contributed by atoms with E-state index < -0.39 is 0 Å². The number of nitrogens with zero attached hydrogens (tertiary/aromatic N) is 2. The number of nitrogens with one attached hydrogen (secondary N) is 2. The maximum atomic E-state index is 13.0. The van der Waals surface area contributed by atoms with Gasteiger partial charge in [-0.15, -0.1) is 0 Å². The summed E-state index contributed by atoms with van der Waals surface area (Å²) in [4.78, 5) is 21.3. The van der Waals surface area contributed by atoms with E-state index in [0.29, 0.717) is 18.2 Å². The Kier molecular flexibility index (Phi) is 6.32. The zero-order chi connectivity index (χ0) is 20.8. The second kappa shape index (κ2) is 9.48. The Hall–Kier alpha value is -3.28. The summed E-state index contributed by atoms with van der Waals surface area (Å²) in [7, 11) is 0. The van der Waals surface area contributed by atoms with Gasteiger partial charge in [-0.25, -0.2) is 14.4 Å². The third kappa shape index (κ3) is 5.20. The van der Waals surface area contributed by atoms with Crippen molar-refractivity contribution in [1.29, 1.82) is 0 Å². The molecular formula is C24H25FN4O. The second-order valence-electron chi connectivity index (χ2n) is 7.66. The number of hydrogen-bond acceptors (Lipinski definition) is 4. The summed E-state index contributed by atoms with van der Waals surface area (Å²) in [5.74, 6) is 0.342. The SMILES string of the molecule is O=C(NCc1ccc(F)cc1)c1cccc(-c2cc(NC3CCCCC3)ncn2)c1. The number of hydrogen-bond donors (Lipinski definition) is 2. The monoisotopic (exact) mass is 404 g/mol. The lowest BCUT2D eigenvalue weighted by Crippen LogP contribution is -2.23. The molecule has 0 radical (unpaired) electrons. The van der Waals surface area contributed by atoms with Crippen molar-refractivity contribution in [3.05, 3.63) is 77.9 Å². The summed E-state index contributed by atoms with van der Waals surface area (Å²) >= 11 is 0. The van der Waals surface area contributed by atoms with Crippen LogP contribution in [0.3, 0.4) is 0 Å². The molecule has 3 aromatic rings. The van der Waals surface area contributed by atoms with Crippen molar-refractivity contribution in [1.82, 2.24) is 15.3 Å². The lowest BCUT2D eigenvalue weighted by Gasteiger charge is -2.23. The maximum absolute atomic E-state index is 13.0. The van der Waals surface area contributed by atoms with Gasteiger partial charge < -0.3 is 10.6 Å². The van der Waals surface area contributed by atoms with Crippen LogP contribution in [0, 0.1) is 5.82 Å². The van der Waals surface area contributed by atoms with Crippen molar-refractivity contribution in [2.24, 2.45) is 0 Å². The molecule has 0 atom stereocenters. The predicted molar refractivity (Wildman–Crippen MR) is 116 cm³/mol. The molecule has 0 unspecified atom stereocenters. The first-order chi connectivity index (χ1) is 14.7. The minimum atomic E-state index is -0.292. The number of rotatable bonds is 6. The molecule has 1 amide bonds. The highest BCUT2D eigenvalue weighted by atomic mass is 19.1. The Morgan fingerprint density at radius 2 is 1.80 bits per heavy atom. The number of halogens is 1. The Balaban J connectivity index is 1.44. The van der Waals surface area contributed by atoms with Gasteiger partial charge in [-0.1, -0.05) is 43.5 Å². The fraction of sp³-hybridized carbons (Fsp3) is 0.292. The van der Waals surface area contributed by atoms with Gasteiger partial charge in [0, 0.05) is 29.8 Å². The van der Waals surface area contributed by atoms with Crippen molar-refractivity contribution in [2.75, 3.05) is 5.32 Å². The number of carbonyl (C=O) groups excluding carboxylic acids is 1. The van der Waals surface area contributed by atoms with Gasteiger partial charge in [-0.05, 0) is 42.7 Å². The second-order valence-corrected chi connectivity index (χ2v) is 7.66. The van der Waals surface area contributed by atoms with Crippen LogP contribution in [0.5, 0.6) is 0 Å². The van der Waals surface area contributed by atoms with Gasteiger partial charge in [0.2, 0.25) is 0 Å². The summed E-state index contributed by atoms with van der Waals surface area (Å²) in [5, 5.41) is 6.39. The molecule has 1 fully saturated rings. The highest BCUT2D eigenvalue weighted by molar-refractivity contribution is 5.95. The van der Waals surface area contributed by atoms with Gasteiger partial charge in [0.25, 0.3) is 5.91 Å². The number of aromatic nitrogens is 2. The third-order valence-corrected chi connectivity index (χ3v) is 5.41. The summed E-state index contributed by atoms with van der Waals surface area (Å²) in [6.07, 6.45) is 7.71. The molecule has 30 heavy (non-hydrogen) atoms. The van der Waals surface area contributed by atoms with Crippen LogP contribution in [0.25, 0.3) is 11.3 Å². The summed E-state index contributed by atoms with van der Waals surface area (Å²) in [5.41, 5.74) is 3.03. The molecule has 1 saturated carbocycles. The quantitative estimate of drug-likeness (QED) is 0.610. The summed E-state index contributed by atoms with van der Waals surface area (Å²) in [6, 6.07) is 15.9. The molecule has 1 heterocycles. The Bertz CT molecular complexity index is 1000. The van der Waals surface area contributed by atoms with Crippen LogP contribution in [0.4, 0.5) is 10.2 Å². The van der Waals surface area contributed by atoms with Crippen LogP contribution in [0.2, 0.25) is 0 Å². The zero-order valence-corrected chi connectivity index (χ0v) is 16.8. The van der Waals surface area contributed by atoms with Gasteiger partial charge in [0.15, 0.2) is 0 Å². The maximum Gasteiger partial charge on any atom is 0.251 e. The molecule has 2 aromatic carbocycles. The molecule has 0 spiro atoms. The molecule has 0 bridgehead atoms. The Morgan fingerprint density at radius 3 is 2.60 bits per heavy atom. The normalized spacial score (nSPS) is 14.3. The molecule has 0 aliphatic heterocycles. The first-order valence-electron chi connectivity index (χ1n) is 10.4. The number of amides is 1. The molecule has 154 valence electrons. The van der Waals surface area contributed by atoms with Gasteiger partial charge in [0.05, 0.1) is 5.69 Å². The van der Waals surface area contributed by atoms with Crippen molar-refractivity contribution < 1.29 is 9.18 Å². The van der Waals surface area contributed by atoms with E-state index in [1.54, 1.807) is 24.5 Å². The van der Waals surface area contributed by atoms with E-state index in [1.165, 1.54) is 44.2 Å². The minimum Gasteiger partial charge on any atom is -0.367 e. The molecule has 1 aliphatic rings. The third-order valence-electron chi connectivity index (χ3n) is 5.41. The smallest absolute Gasteiger partial charge is 0.251 e. The fourth-order valence-corrected chi connectivity index (χ4v) is 3.76. The van der Waals surface area contributed by atoms with E-state index in [0.717, 1.165) is 22.6 Å². The zero-order valence-electron chi connectivity index (χ0n) is 16.8. The van der Waals surface area contributed by atoms with E-state index in [1.807, 2.05) is 24.3 Å².